The van der Waals surface area contributed by atoms with Crippen LogP contribution >= 0.6 is 0 Å². The average Bonchev–Trinajstić information content (AvgIpc) is 2.86. The van der Waals surface area contributed by atoms with Gasteiger partial charge in [-0.2, -0.15) is 13.2 Å². The van der Waals surface area contributed by atoms with E-state index in [9.17, 15) is 35.5 Å². The first-order chi connectivity index (χ1) is 11.6. The predicted octanol–water partition coefficient (Wildman–Crippen LogP) is 5.14. The van der Waals surface area contributed by atoms with E-state index in [0.717, 1.165) is 12.1 Å². The SMILES string of the molecule is O=C(c1cc(F)cc(-c2[nH]c3ccc(F)c(F)c3c2F)c1)C(F)(F)F. The summed E-state index contributed by atoms with van der Waals surface area (Å²) in [4.78, 5) is 13.6. The number of fused-ring (bicyclic) bond motifs is 1. The number of aromatic amines is 1. The van der Waals surface area contributed by atoms with Crippen LogP contribution in [0.5, 0.6) is 0 Å². The molecule has 0 aliphatic heterocycles. The van der Waals surface area contributed by atoms with Gasteiger partial charge in [-0.15, -0.1) is 0 Å². The topological polar surface area (TPSA) is 32.9 Å². The number of halogens is 7. The van der Waals surface area contributed by atoms with Gasteiger partial charge in [0, 0.05) is 11.1 Å². The fraction of sp³-hybridized carbons (Fsp3) is 0.0625. The molecule has 0 atom stereocenters. The number of rotatable bonds is 2. The Morgan fingerprint density at radius 3 is 2.24 bits per heavy atom. The van der Waals surface area contributed by atoms with Crippen LogP contribution in [0.15, 0.2) is 30.3 Å². The molecule has 0 aliphatic carbocycles. The van der Waals surface area contributed by atoms with Crippen molar-refractivity contribution in [2.75, 3.05) is 0 Å². The first kappa shape index (κ1) is 17.0. The lowest BCUT2D eigenvalue weighted by atomic mass is 10.0. The molecule has 0 unspecified atom stereocenters. The molecule has 0 amide bonds. The maximum absolute atomic E-state index is 14.4. The molecule has 25 heavy (non-hydrogen) atoms. The number of carbonyl (C=O) groups excluding carboxylic acids is 1. The van der Waals surface area contributed by atoms with E-state index in [4.69, 9.17) is 0 Å². The second-order valence-electron chi connectivity index (χ2n) is 5.15. The normalized spacial score (nSPS) is 12.0. The van der Waals surface area contributed by atoms with Gasteiger partial charge in [-0.25, -0.2) is 17.6 Å². The van der Waals surface area contributed by atoms with Gasteiger partial charge in [0.2, 0.25) is 0 Å². The zero-order chi connectivity index (χ0) is 18.5. The van der Waals surface area contributed by atoms with Crippen molar-refractivity contribution in [1.82, 2.24) is 4.98 Å². The van der Waals surface area contributed by atoms with Gasteiger partial charge in [-0.05, 0) is 30.3 Å². The summed E-state index contributed by atoms with van der Waals surface area (Å²) in [6.07, 6.45) is -5.25. The number of Topliss-reactive ketones (excluding diaryl/α,β-unsaturated/α-hetero) is 1. The molecule has 2 nitrogen and oxygen atoms in total. The Kier molecular flexibility index (Phi) is 3.81. The number of nitrogens with one attached hydrogen (secondary N) is 1. The van der Waals surface area contributed by atoms with Crippen LogP contribution in [0.1, 0.15) is 10.4 Å². The molecule has 3 aromatic rings. The molecule has 130 valence electrons. The minimum absolute atomic E-state index is 0.181. The van der Waals surface area contributed by atoms with Gasteiger partial charge >= 0.3 is 6.18 Å². The third-order valence-corrected chi connectivity index (χ3v) is 3.50. The first-order valence-electron chi connectivity index (χ1n) is 6.67. The van der Waals surface area contributed by atoms with Gasteiger partial charge in [0.25, 0.3) is 5.78 Å². The molecule has 0 bridgehead atoms. The van der Waals surface area contributed by atoms with E-state index >= 15 is 0 Å². The van der Waals surface area contributed by atoms with Gasteiger partial charge in [0.05, 0.1) is 16.6 Å². The van der Waals surface area contributed by atoms with E-state index in [-0.39, 0.29) is 5.52 Å². The standard InChI is InChI=1S/C16H6F7NO/c17-8-4-6(3-7(5-8)15(25)16(21,22)23)14-13(20)11-10(24-14)2-1-9(18)12(11)19/h1-5,24H. The molecule has 0 saturated carbocycles. The Bertz CT molecular complexity index is 1000. The minimum Gasteiger partial charge on any atom is -0.352 e. The van der Waals surface area contributed by atoms with Crippen molar-refractivity contribution in [3.05, 3.63) is 59.2 Å². The van der Waals surface area contributed by atoms with Crippen molar-refractivity contribution in [2.24, 2.45) is 0 Å². The van der Waals surface area contributed by atoms with E-state index in [2.05, 4.69) is 4.98 Å². The number of hydrogen-bond acceptors (Lipinski definition) is 1. The molecule has 9 heteroatoms. The number of H-pyrrole nitrogens is 1. The summed E-state index contributed by atoms with van der Waals surface area (Å²) in [6, 6.07) is 3.36. The minimum atomic E-state index is -5.25. The van der Waals surface area contributed by atoms with E-state index in [1.165, 1.54) is 0 Å². The van der Waals surface area contributed by atoms with Crippen LogP contribution in [-0.2, 0) is 0 Å². The zero-order valence-corrected chi connectivity index (χ0v) is 11.9. The van der Waals surface area contributed by atoms with E-state index in [1.54, 1.807) is 0 Å². The third-order valence-electron chi connectivity index (χ3n) is 3.50. The quantitative estimate of drug-likeness (QED) is 0.498. The highest BCUT2D eigenvalue weighted by atomic mass is 19.4. The molecule has 1 heterocycles. The second-order valence-corrected chi connectivity index (χ2v) is 5.15. The lowest BCUT2D eigenvalue weighted by molar-refractivity contribution is -0.0885. The highest BCUT2D eigenvalue weighted by Gasteiger charge is 2.39. The lowest BCUT2D eigenvalue weighted by Gasteiger charge is -2.07. The molecule has 0 saturated heterocycles. The number of aromatic nitrogens is 1. The van der Waals surface area contributed by atoms with Crippen molar-refractivity contribution < 1.29 is 35.5 Å². The fourth-order valence-electron chi connectivity index (χ4n) is 2.41. The van der Waals surface area contributed by atoms with Crippen LogP contribution in [0.3, 0.4) is 0 Å². The molecule has 0 aliphatic rings. The average molecular weight is 361 g/mol. The molecule has 0 spiro atoms. The molecular formula is C16H6F7NO. The summed E-state index contributed by atoms with van der Waals surface area (Å²) in [5.74, 6) is -7.69. The Labute approximate surface area is 134 Å². The van der Waals surface area contributed by atoms with Crippen molar-refractivity contribution in [3.63, 3.8) is 0 Å². The maximum atomic E-state index is 14.4. The second kappa shape index (κ2) is 5.61. The van der Waals surface area contributed by atoms with Crippen LogP contribution in [-0.4, -0.2) is 16.9 Å². The summed E-state index contributed by atoms with van der Waals surface area (Å²) in [6.45, 7) is 0. The Morgan fingerprint density at radius 1 is 0.920 bits per heavy atom. The fourth-order valence-corrected chi connectivity index (χ4v) is 2.41. The molecule has 3 rings (SSSR count). The largest absolute Gasteiger partial charge is 0.454 e. The summed E-state index contributed by atoms with van der Waals surface area (Å²) in [7, 11) is 0. The van der Waals surface area contributed by atoms with Crippen LogP contribution < -0.4 is 0 Å². The Balaban J connectivity index is 2.22. The molecule has 1 aromatic heterocycles. The molecule has 1 N–H and O–H groups in total. The van der Waals surface area contributed by atoms with Gasteiger partial charge in [-0.1, -0.05) is 0 Å². The smallest absolute Gasteiger partial charge is 0.352 e. The van der Waals surface area contributed by atoms with Gasteiger partial charge in [-0.3, -0.25) is 4.79 Å². The van der Waals surface area contributed by atoms with E-state index < -0.39 is 57.4 Å². The van der Waals surface area contributed by atoms with Crippen LogP contribution in [0.2, 0.25) is 0 Å². The molecular weight excluding hydrogens is 355 g/mol. The number of benzene rings is 2. The van der Waals surface area contributed by atoms with E-state index in [0.29, 0.717) is 18.2 Å². The van der Waals surface area contributed by atoms with Gasteiger partial charge in [0.15, 0.2) is 17.5 Å². The monoisotopic (exact) mass is 361 g/mol. The van der Waals surface area contributed by atoms with Crippen LogP contribution in [0.4, 0.5) is 30.7 Å². The summed E-state index contributed by atoms with van der Waals surface area (Å²) >= 11 is 0. The lowest BCUT2D eigenvalue weighted by Crippen LogP contribution is -2.22. The van der Waals surface area contributed by atoms with E-state index in [1.807, 2.05) is 0 Å². The summed E-state index contributed by atoms with van der Waals surface area (Å²) in [5.41, 5.74) is -2.26. The number of carbonyl (C=O) groups is 1. The highest BCUT2D eigenvalue weighted by Crippen LogP contribution is 2.33. The third kappa shape index (κ3) is 2.86. The number of hydrogen-bond donors (Lipinski definition) is 1. The molecule has 0 fully saturated rings. The van der Waals surface area contributed by atoms with Crippen LogP contribution in [0, 0.1) is 23.3 Å². The summed E-state index contributed by atoms with van der Waals surface area (Å²) in [5, 5.41) is -0.761. The van der Waals surface area contributed by atoms with Crippen molar-refractivity contribution in [3.8, 4) is 11.3 Å². The Hall–Kier alpha value is -2.84. The predicted molar refractivity (Wildman–Crippen MR) is 74.0 cm³/mol. The van der Waals surface area contributed by atoms with Crippen molar-refractivity contribution in [1.29, 1.82) is 0 Å². The molecule has 2 aromatic carbocycles. The molecule has 0 radical (unpaired) electrons. The zero-order valence-electron chi connectivity index (χ0n) is 11.9. The number of ketones is 1. The van der Waals surface area contributed by atoms with Crippen LogP contribution in [0.25, 0.3) is 22.2 Å². The highest BCUT2D eigenvalue weighted by molar-refractivity contribution is 6.01. The first-order valence-corrected chi connectivity index (χ1v) is 6.67. The Morgan fingerprint density at radius 2 is 1.60 bits per heavy atom. The van der Waals surface area contributed by atoms with Gasteiger partial charge < -0.3 is 4.98 Å². The van der Waals surface area contributed by atoms with Crippen molar-refractivity contribution in [2.45, 2.75) is 6.18 Å². The van der Waals surface area contributed by atoms with Gasteiger partial charge in [0.1, 0.15) is 5.82 Å². The summed E-state index contributed by atoms with van der Waals surface area (Å²) < 4.78 is 92.4. The maximum Gasteiger partial charge on any atom is 0.454 e. The number of alkyl halides is 3. The van der Waals surface area contributed by atoms with Crippen molar-refractivity contribution >= 4 is 16.7 Å².